The molecule has 0 aliphatic carbocycles. The number of carbonyl (C=O) groups excluding carboxylic acids is 2. The first-order chi connectivity index (χ1) is 11.1. The van der Waals surface area contributed by atoms with E-state index in [4.69, 9.17) is 4.74 Å². The van der Waals surface area contributed by atoms with Crippen molar-refractivity contribution in [2.24, 2.45) is 0 Å². The molecule has 1 aromatic heterocycles. The number of hydrogen-bond donors (Lipinski definition) is 2. The molecule has 23 heavy (non-hydrogen) atoms. The standard InChI is InChI=1S/C16H12BrN3O3/c17-8-4-13-15(18-6-8)12(7-23-13)20-16(22)9-2-1-3-11-10(9)5-14(21)19-11/h1-4,6,12H,5,7H2,(H,19,21)(H,20,22)/t12-/m0/s1. The predicted octanol–water partition coefficient (Wildman–Crippen LogP) is 2.20. The van der Waals surface area contributed by atoms with E-state index in [-0.39, 0.29) is 24.3 Å². The van der Waals surface area contributed by atoms with Gasteiger partial charge in [-0.3, -0.25) is 14.6 Å². The van der Waals surface area contributed by atoms with E-state index >= 15 is 0 Å². The molecular weight excluding hydrogens is 362 g/mol. The number of hydrogen-bond acceptors (Lipinski definition) is 4. The van der Waals surface area contributed by atoms with Gasteiger partial charge in [0.05, 0.1) is 6.42 Å². The maximum absolute atomic E-state index is 12.6. The number of nitrogens with zero attached hydrogens (tertiary/aromatic N) is 1. The second-order valence-electron chi connectivity index (χ2n) is 5.43. The van der Waals surface area contributed by atoms with Gasteiger partial charge in [-0.05, 0) is 39.7 Å². The maximum atomic E-state index is 12.6. The van der Waals surface area contributed by atoms with Gasteiger partial charge in [0.2, 0.25) is 5.91 Å². The van der Waals surface area contributed by atoms with Crippen molar-refractivity contribution in [1.82, 2.24) is 10.3 Å². The Bertz CT molecular complexity index is 837. The van der Waals surface area contributed by atoms with Crippen LogP contribution in [-0.2, 0) is 11.2 Å². The molecular formula is C16H12BrN3O3. The van der Waals surface area contributed by atoms with Crippen LogP contribution in [0.2, 0.25) is 0 Å². The monoisotopic (exact) mass is 373 g/mol. The van der Waals surface area contributed by atoms with Gasteiger partial charge in [-0.2, -0.15) is 0 Å². The van der Waals surface area contributed by atoms with Gasteiger partial charge in [-0.1, -0.05) is 6.07 Å². The SMILES string of the molecule is O=C1Cc2c(cccc2C(=O)N[C@H]2COc3cc(Br)cnc32)N1. The highest BCUT2D eigenvalue weighted by Gasteiger charge is 2.30. The lowest BCUT2D eigenvalue weighted by molar-refractivity contribution is -0.115. The third-order valence-corrected chi connectivity index (χ3v) is 4.36. The molecule has 116 valence electrons. The molecule has 4 rings (SSSR count). The van der Waals surface area contributed by atoms with Crippen LogP contribution in [-0.4, -0.2) is 23.4 Å². The molecule has 2 aromatic rings. The summed E-state index contributed by atoms with van der Waals surface area (Å²) in [4.78, 5) is 28.5. The Morgan fingerprint density at radius 3 is 3.17 bits per heavy atom. The molecule has 1 atom stereocenters. The third-order valence-electron chi connectivity index (χ3n) is 3.92. The molecule has 0 radical (unpaired) electrons. The lowest BCUT2D eigenvalue weighted by Gasteiger charge is -2.13. The fourth-order valence-corrected chi connectivity index (χ4v) is 3.18. The van der Waals surface area contributed by atoms with Crippen LogP contribution in [0.1, 0.15) is 27.7 Å². The van der Waals surface area contributed by atoms with Crippen molar-refractivity contribution in [2.45, 2.75) is 12.5 Å². The van der Waals surface area contributed by atoms with E-state index in [0.717, 1.165) is 10.0 Å². The van der Waals surface area contributed by atoms with Crippen LogP contribution in [0.15, 0.2) is 34.9 Å². The fraction of sp³-hybridized carbons (Fsp3) is 0.188. The Balaban J connectivity index is 1.59. The number of nitrogens with one attached hydrogen (secondary N) is 2. The van der Waals surface area contributed by atoms with Crippen molar-refractivity contribution < 1.29 is 14.3 Å². The number of rotatable bonds is 2. The lowest BCUT2D eigenvalue weighted by atomic mass is 10.0. The Morgan fingerprint density at radius 2 is 2.30 bits per heavy atom. The first-order valence-corrected chi connectivity index (χ1v) is 7.92. The number of halogens is 1. The summed E-state index contributed by atoms with van der Waals surface area (Å²) in [6.07, 6.45) is 1.90. The number of aromatic nitrogens is 1. The van der Waals surface area contributed by atoms with Crippen molar-refractivity contribution in [3.05, 3.63) is 51.8 Å². The molecule has 3 heterocycles. The highest BCUT2D eigenvalue weighted by atomic mass is 79.9. The van der Waals surface area contributed by atoms with Gasteiger partial charge in [-0.25, -0.2) is 0 Å². The summed E-state index contributed by atoms with van der Waals surface area (Å²) in [7, 11) is 0. The molecule has 2 N–H and O–H groups in total. The second kappa shape index (κ2) is 5.34. The Labute approximate surface area is 140 Å². The van der Waals surface area contributed by atoms with Gasteiger partial charge in [0.1, 0.15) is 24.1 Å². The third kappa shape index (κ3) is 2.46. The van der Waals surface area contributed by atoms with E-state index in [1.54, 1.807) is 24.4 Å². The number of ether oxygens (including phenoxy) is 1. The summed E-state index contributed by atoms with van der Waals surface area (Å²) >= 11 is 3.34. The molecule has 2 aliphatic rings. The maximum Gasteiger partial charge on any atom is 0.252 e. The van der Waals surface area contributed by atoms with Crippen LogP contribution >= 0.6 is 15.9 Å². The van der Waals surface area contributed by atoms with Gasteiger partial charge < -0.3 is 15.4 Å². The van der Waals surface area contributed by atoms with Gasteiger partial charge in [0.25, 0.3) is 5.91 Å². The molecule has 0 bridgehead atoms. The predicted molar refractivity (Wildman–Crippen MR) is 86.4 cm³/mol. The van der Waals surface area contributed by atoms with Gasteiger partial charge in [0.15, 0.2) is 0 Å². The number of pyridine rings is 1. The minimum atomic E-state index is -0.300. The number of carbonyl (C=O) groups is 2. The second-order valence-corrected chi connectivity index (χ2v) is 6.35. The topological polar surface area (TPSA) is 80.3 Å². The zero-order valence-electron chi connectivity index (χ0n) is 11.9. The van der Waals surface area contributed by atoms with E-state index < -0.39 is 0 Å². The van der Waals surface area contributed by atoms with Gasteiger partial charge in [0, 0.05) is 21.9 Å². The van der Waals surface area contributed by atoms with Crippen LogP contribution in [0.3, 0.4) is 0 Å². The van der Waals surface area contributed by atoms with E-state index in [9.17, 15) is 9.59 Å². The summed E-state index contributed by atoms with van der Waals surface area (Å²) in [5.74, 6) is 0.339. The molecule has 0 unspecified atom stereocenters. The Morgan fingerprint density at radius 1 is 1.43 bits per heavy atom. The van der Waals surface area contributed by atoms with Crippen LogP contribution in [0.4, 0.5) is 5.69 Å². The summed E-state index contributed by atoms with van der Waals surface area (Å²) in [6, 6.07) is 6.81. The molecule has 2 amide bonds. The molecule has 0 saturated heterocycles. The van der Waals surface area contributed by atoms with Crippen LogP contribution in [0.25, 0.3) is 0 Å². The minimum Gasteiger partial charge on any atom is -0.489 e. The Hall–Kier alpha value is -2.41. The summed E-state index contributed by atoms with van der Waals surface area (Å²) in [5, 5.41) is 5.68. The summed E-state index contributed by atoms with van der Waals surface area (Å²) < 4.78 is 6.39. The van der Waals surface area contributed by atoms with Gasteiger partial charge >= 0.3 is 0 Å². The summed E-state index contributed by atoms with van der Waals surface area (Å²) in [5.41, 5.74) is 2.65. The molecule has 0 saturated carbocycles. The van der Waals surface area contributed by atoms with E-state index in [1.165, 1.54) is 0 Å². The summed E-state index contributed by atoms with van der Waals surface area (Å²) in [6.45, 7) is 0.344. The van der Waals surface area contributed by atoms with E-state index in [1.807, 2.05) is 6.07 Å². The number of benzene rings is 1. The average molecular weight is 374 g/mol. The first kappa shape index (κ1) is 14.2. The van der Waals surface area contributed by atoms with Crippen molar-refractivity contribution in [3.63, 3.8) is 0 Å². The smallest absolute Gasteiger partial charge is 0.252 e. The molecule has 6 nitrogen and oxygen atoms in total. The quantitative estimate of drug-likeness (QED) is 0.845. The molecule has 7 heteroatoms. The fourth-order valence-electron chi connectivity index (χ4n) is 2.87. The molecule has 0 fully saturated rings. The highest BCUT2D eigenvalue weighted by Crippen LogP contribution is 2.33. The number of anilines is 1. The van der Waals surface area contributed by atoms with Crippen LogP contribution in [0, 0.1) is 0 Å². The minimum absolute atomic E-state index is 0.0960. The van der Waals surface area contributed by atoms with E-state index in [0.29, 0.717) is 29.3 Å². The number of amides is 2. The van der Waals surface area contributed by atoms with Crippen LogP contribution in [0.5, 0.6) is 5.75 Å². The molecule has 1 aromatic carbocycles. The zero-order chi connectivity index (χ0) is 16.0. The highest BCUT2D eigenvalue weighted by molar-refractivity contribution is 9.10. The van der Waals surface area contributed by atoms with Crippen molar-refractivity contribution in [2.75, 3.05) is 11.9 Å². The Kier molecular flexibility index (Phi) is 3.30. The van der Waals surface area contributed by atoms with Crippen molar-refractivity contribution >= 4 is 33.4 Å². The number of fused-ring (bicyclic) bond motifs is 2. The van der Waals surface area contributed by atoms with Gasteiger partial charge in [-0.15, -0.1) is 0 Å². The lowest BCUT2D eigenvalue weighted by Crippen LogP contribution is -2.30. The van der Waals surface area contributed by atoms with Crippen molar-refractivity contribution in [1.29, 1.82) is 0 Å². The molecule has 0 spiro atoms. The van der Waals surface area contributed by atoms with E-state index in [2.05, 4.69) is 31.5 Å². The average Bonchev–Trinajstić information content (AvgIpc) is 3.09. The molecule has 2 aliphatic heterocycles. The van der Waals surface area contributed by atoms with Crippen LogP contribution < -0.4 is 15.4 Å². The zero-order valence-corrected chi connectivity index (χ0v) is 13.5. The largest absolute Gasteiger partial charge is 0.489 e. The van der Waals surface area contributed by atoms with Crippen molar-refractivity contribution in [3.8, 4) is 5.75 Å². The first-order valence-electron chi connectivity index (χ1n) is 7.12. The normalized spacial score (nSPS) is 18.0.